The predicted octanol–water partition coefficient (Wildman–Crippen LogP) is 0.960. The molecule has 2 N–H and O–H groups in total. The van der Waals surface area contributed by atoms with Crippen LogP contribution in [0.4, 0.5) is 0 Å². The van der Waals surface area contributed by atoms with Crippen molar-refractivity contribution in [3.8, 4) is 0 Å². The molecule has 0 aromatic carbocycles. The van der Waals surface area contributed by atoms with Crippen molar-refractivity contribution >= 4 is 5.71 Å². The molecule has 0 aromatic rings. The van der Waals surface area contributed by atoms with Gasteiger partial charge in [0.1, 0.15) is 0 Å². The Morgan fingerprint density at radius 3 is 3.00 bits per heavy atom. The van der Waals surface area contributed by atoms with Crippen LogP contribution < -0.4 is 5.73 Å². The number of aliphatic imine (C=N–C) groups is 1. The highest BCUT2D eigenvalue weighted by molar-refractivity contribution is 5.85. The van der Waals surface area contributed by atoms with Crippen molar-refractivity contribution in [2.45, 2.75) is 25.7 Å². The maximum atomic E-state index is 5.35. The highest BCUT2D eigenvalue weighted by Crippen LogP contribution is 2.07. The van der Waals surface area contributed by atoms with E-state index in [-0.39, 0.29) is 0 Å². The summed E-state index contributed by atoms with van der Waals surface area (Å²) in [7, 11) is 0. The first kappa shape index (κ1) is 6.75. The molecule has 2 nitrogen and oxygen atoms in total. The molecule has 1 rings (SSSR count). The highest BCUT2D eigenvalue weighted by Gasteiger charge is 2.03. The number of nitrogens with two attached hydrogens (primary N) is 1. The van der Waals surface area contributed by atoms with Gasteiger partial charge in [0.05, 0.1) is 0 Å². The van der Waals surface area contributed by atoms with Crippen molar-refractivity contribution < 1.29 is 0 Å². The van der Waals surface area contributed by atoms with Gasteiger partial charge in [-0.1, -0.05) is 0 Å². The van der Waals surface area contributed by atoms with Gasteiger partial charge in [-0.2, -0.15) is 0 Å². The van der Waals surface area contributed by atoms with Crippen molar-refractivity contribution in [1.82, 2.24) is 0 Å². The lowest BCUT2D eigenvalue weighted by Gasteiger charge is -1.94. The number of rotatable bonds is 3. The van der Waals surface area contributed by atoms with Crippen LogP contribution in [0, 0.1) is 0 Å². The van der Waals surface area contributed by atoms with Crippen LogP contribution in [0.3, 0.4) is 0 Å². The SMILES string of the molecule is NCCCC1=NCCC1. The van der Waals surface area contributed by atoms with Gasteiger partial charge in [-0.3, -0.25) is 4.99 Å². The highest BCUT2D eigenvalue weighted by atomic mass is 14.8. The molecule has 52 valence electrons. The zero-order chi connectivity index (χ0) is 6.53. The summed E-state index contributed by atoms with van der Waals surface area (Å²) < 4.78 is 0. The largest absolute Gasteiger partial charge is 0.330 e. The zero-order valence-electron chi connectivity index (χ0n) is 5.77. The van der Waals surface area contributed by atoms with Crippen molar-refractivity contribution in [3.63, 3.8) is 0 Å². The Bertz CT molecular complexity index is 107. The maximum Gasteiger partial charge on any atom is 0.0392 e. The number of nitrogens with zero attached hydrogens (tertiary/aromatic N) is 1. The Balaban J connectivity index is 2.11. The Morgan fingerprint density at radius 2 is 2.44 bits per heavy atom. The predicted molar refractivity (Wildman–Crippen MR) is 39.8 cm³/mol. The van der Waals surface area contributed by atoms with Crippen LogP contribution in [-0.4, -0.2) is 18.8 Å². The average Bonchev–Trinajstić information content (AvgIpc) is 2.34. The van der Waals surface area contributed by atoms with Crippen molar-refractivity contribution in [3.05, 3.63) is 0 Å². The minimum atomic E-state index is 0.805. The fourth-order valence-electron chi connectivity index (χ4n) is 1.11. The van der Waals surface area contributed by atoms with E-state index < -0.39 is 0 Å². The molecule has 1 aliphatic heterocycles. The van der Waals surface area contributed by atoms with E-state index in [4.69, 9.17) is 5.73 Å². The molecule has 0 aromatic heterocycles. The summed E-state index contributed by atoms with van der Waals surface area (Å²) in [5.74, 6) is 0. The summed E-state index contributed by atoms with van der Waals surface area (Å²) in [6.07, 6.45) is 4.73. The number of hydrogen-bond acceptors (Lipinski definition) is 2. The van der Waals surface area contributed by atoms with Gasteiger partial charge in [0.15, 0.2) is 0 Å². The third-order valence-electron chi connectivity index (χ3n) is 1.63. The van der Waals surface area contributed by atoms with E-state index in [2.05, 4.69) is 4.99 Å². The molecule has 0 radical (unpaired) electrons. The summed E-state index contributed by atoms with van der Waals surface area (Å²) in [5.41, 5.74) is 6.74. The van der Waals surface area contributed by atoms with Gasteiger partial charge in [-0.25, -0.2) is 0 Å². The van der Waals surface area contributed by atoms with Crippen LogP contribution in [0.5, 0.6) is 0 Å². The third-order valence-corrected chi connectivity index (χ3v) is 1.63. The second kappa shape index (κ2) is 3.62. The molecule has 0 spiro atoms. The smallest absolute Gasteiger partial charge is 0.0392 e. The fraction of sp³-hybridized carbons (Fsp3) is 0.857. The van der Waals surface area contributed by atoms with Crippen LogP contribution in [0.25, 0.3) is 0 Å². The lowest BCUT2D eigenvalue weighted by atomic mass is 10.1. The average molecular weight is 126 g/mol. The van der Waals surface area contributed by atoms with Crippen LogP contribution in [0.1, 0.15) is 25.7 Å². The molecule has 0 saturated heterocycles. The molecule has 0 fully saturated rings. The minimum absolute atomic E-state index is 0.805. The quantitative estimate of drug-likeness (QED) is 0.601. The molecule has 0 unspecified atom stereocenters. The summed E-state index contributed by atoms with van der Waals surface area (Å²) >= 11 is 0. The molecular weight excluding hydrogens is 112 g/mol. The first-order chi connectivity index (χ1) is 4.43. The Morgan fingerprint density at radius 1 is 1.56 bits per heavy atom. The molecule has 0 amide bonds. The third kappa shape index (κ3) is 2.14. The van der Waals surface area contributed by atoms with Crippen LogP contribution in [0.2, 0.25) is 0 Å². The molecule has 0 saturated carbocycles. The van der Waals surface area contributed by atoms with E-state index in [0.29, 0.717) is 0 Å². The van der Waals surface area contributed by atoms with Crippen LogP contribution in [0.15, 0.2) is 4.99 Å². The normalized spacial score (nSPS) is 18.1. The summed E-state index contributed by atoms with van der Waals surface area (Å²) in [6.45, 7) is 1.86. The Kier molecular flexibility index (Phi) is 2.71. The topological polar surface area (TPSA) is 38.4 Å². The van der Waals surface area contributed by atoms with Gasteiger partial charge in [0, 0.05) is 12.3 Å². The summed E-state index contributed by atoms with van der Waals surface area (Å²) in [4.78, 5) is 4.33. The molecular formula is C7H14N2. The van der Waals surface area contributed by atoms with Gasteiger partial charge >= 0.3 is 0 Å². The first-order valence-electron chi connectivity index (χ1n) is 3.66. The van der Waals surface area contributed by atoms with Crippen molar-refractivity contribution in [2.24, 2.45) is 10.7 Å². The lowest BCUT2D eigenvalue weighted by molar-refractivity contribution is 0.866. The van der Waals surface area contributed by atoms with E-state index in [1.54, 1.807) is 0 Å². The van der Waals surface area contributed by atoms with E-state index in [1.165, 1.54) is 18.6 Å². The second-order valence-corrected chi connectivity index (χ2v) is 2.44. The van der Waals surface area contributed by atoms with Gasteiger partial charge in [-0.05, 0) is 32.2 Å². The Hall–Kier alpha value is -0.370. The molecule has 1 heterocycles. The first-order valence-corrected chi connectivity index (χ1v) is 3.66. The van der Waals surface area contributed by atoms with Crippen molar-refractivity contribution in [2.75, 3.05) is 13.1 Å². The number of hydrogen-bond donors (Lipinski definition) is 1. The monoisotopic (exact) mass is 126 g/mol. The molecule has 9 heavy (non-hydrogen) atoms. The van der Waals surface area contributed by atoms with E-state index >= 15 is 0 Å². The molecule has 0 atom stereocenters. The van der Waals surface area contributed by atoms with Crippen LogP contribution in [-0.2, 0) is 0 Å². The summed E-state index contributed by atoms with van der Waals surface area (Å²) in [6, 6.07) is 0. The van der Waals surface area contributed by atoms with Gasteiger partial charge < -0.3 is 5.73 Å². The van der Waals surface area contributed by atoms with Gasteiger partial charge in [0.25, 0.3) is 0 Å². The summed E-state index contributed by atoms with van der Waals surface area (Å²) in [5, 5.41) is 0. The second-order valence-electron chi connectivity index (χ2n) is 2.44. The minimum Gasteiger partial charge on any atom is -0.330 e. The van der Waals surface area contributed by atoms with Gasteiger partial charge in [-0.15, -0.1) is 0 Å². The van der Waals surface area contributed by atoms with E-state index in [9.17, 15) is 0 Å². The lowest BCUT2D eigenvalue weighted by Crippen LogP contribution is -2.02. The molecule has 1 aliphatic rings. The van der Waals surface area contributed by atoms with Crippen molar-refractivity contribution in [1.29, 1.82) is 0 Å². The maximum absolute atomic E-state index is 5.35. The zero-order valence-corrected chi connectivity index (χ0v) is 5.77. The molecule has 0 bridgehead atoms. The van der Waals surface area contributed by atoms with Crippen LogP contribution >= 0.6 is 0 Å². The fourth-order valence-corrected chi connectivity index (χ4v) is 1.11. The standard InChI is InChI=1S/C7H14N2/c8-5-1-3-7-4-2-6-9-7/h1-6,8H2. The Labute approximate surface area is 56.2 Å². The molecule has 0 aliphatic carbocycles. The van der Waals surface area contributed by atoms with E-state index in [1.807, 2.05) is 0 Å². The molecule has 2 heteroatoms. The van der Waals surface area contributed by atoms with E-state index in [0.717, 1.165) is 25.9 Å². The van der Waals surface area contributed by atoms with Gasteiger partial charge in [0.2, 0.25) is 0 Å².